The Morgan fingerprint density at radius 1 is 1.25 bits per heavy atom. The van der Waals surface area contributed by atoms with Crippen LogP contribution in [0.4, 0.5) is 10.1 Å². The second kappa shape index (κ2) is 5.83. The van der Waals surface area contributed by atoms with Gasteiger partial charge in [0.2, 0.25) is 5.78 Å². The Labute approximate surface area is 141 Å². The third-order valence-corrected chi connectivity index (χ3v) is 4.05. The molecule has 1 N–H and O–H groups in total. The lowest BCUT2D eigenvalue weighted by molar-refractivity contribution is -0.132. The van der Waals surface area contributed by atoms with E-state index in [1.54, 1.807) is 30.3 Å². The second-order valence-electron chi connectivity index (χ2n) is 5.40. The Balaban J connectivity index is 2.21. The van der Waals surface area contributed by atoms with E-state index in [4.69, 9.17) is 11.6 Å². The van der Waals surface area contributed by atoms with Crippen molar-refractivity contribution in [3.8, 4) is 0 Å². The number of fused-ring (bicyclic) bond motifs is 1. The van der Waals surface area contributed by atoms with Gasteiger partial charge >= 0.3 is 5.97 Å². The molecule has 0 bridgehead atoms. The monoisotopic (exact) mass is 347 g/mol. The number of carboxylic acid groups (broad SMARTS) is 1. The van der Waals surface area contributed by atoms with E-state index in [9.17, 15) is 24.3 Å². The highest BCUT2D eigenvalue weighted by atomic mass is 35.5. The Morgan fingerprint density at radius 3 is 2.54 bits per heavy atom. The summed E-state index contributed by atoms with van der Waals surface area (Å²) < 4.78 is 12.5. The molecule has 5 nitrogen and oxygen atoms in total. The first-order valence-corrected chi connectivity index (χ1v) is 7.33. The van der Waals surface area contributed by atoms with Crippen LogP contribution in [-0.2, 0) is 11.3 Å². The van der Waals surface area contributed by atoms with Gasteiger partial charge in [-0.1, -0.05) is 41.9 Å². The van der Waals surface area contributed by atoms with Crippen molar-refractivity contribution in [3.63, 3.8) is 0 Å². The molecule has 2 aromatic carbocycles. The Bertz CT molecular complexity index is 882. The molecule has 7 heteroatoms. The molecular weight excluding hydrogens is 337 g/mol. The van der Waals surface area contributed by atoms with Crippen molar-refractivity contribution >= 4 is 29.0 Å². The molecule has 0 saturated carbocycles. The number of quaternary nitrogens is 1. The second-order valence-corrected chi connectivity index (χ2v) is 5.81. The number of hydrogen-bond acceptors (Lipinski definition) is 3. The van der Waals surface area contributed by atoms with Crippen LogP contribution < -0.4 is 4.65 Å². The maximum atomic E-state index is 13.7. The van der Waals surface area contributed by atoms with Crippen molar-refractivity contribution in [2.75, 3.05) is 0 Å². The van der Waals surface area contributed by atoms with Crippen LogP contribution in [0, 0.1) is 11.0 Å². The van der Waals surface area contributed by atoms with E-state index in [1.807, 2.05) is 0 Å². The standard InChI is InChI=1S/C17H11ClFNO4/c18-13-7-15-11(6-14(13)19)16(21)12(17(22)23)9-20(15,24)8-10-4-2-1-3-5-10/h1-7,9H,8H2,(H,22,23). The molecule has 0 saturated heterocycles. The van der Waals surface area contributed by atoms with Gasteiger partial charge in [0.15, 0.2) is 11.3 Å². The summed E-state index contributed by atoms with van der Waals surface area (Å²) in [4.78, 5) is 23.6. The van der Waals surface area contributed by atoms with Gasteiger partial charge in [-0.3, -0.25) is 9.44 Å². The van der Waals surface area contributed by atoms with Gasteiger partial charge in [-0.05, 0) is 6.07 Å². The number of rotatable bonds is 3. The first kappa shape index (κ1) is 16.3. The molecule has 3 rings (SSSR count). The molecule has 2 aromatic rings. The minimum atomic E-state index is -1.53. The number of benzene rings is 2. The number of ketones is 1. The maximum Gasteiger partial charge on any atom is 0.345 e. The summed E-state index contributed by atoms with van der Waals surface area (Å²) in [5.41, 5.74) is -0.424. The average Bonchev–Trinajstić information content (AvgIpc) is 2.54. The molecule has 0 fully saturated rings. The van der Waals surface area contributed by atoms with E-state index < -0.39 is 27.8 Å². The number of carboxylic acids is 1. The third-order valence-electron chi connectivity index (χ3n) is 3.76. The highest BCUT2D eigenvalue weighted by molar-refractivity contribution is 6.32. The fraction of sp³-hybridized carbons (Fsp3) is 0.0588. The van der Waals surface area contributed by atoms with Crippen LogP contribution in [0.5, 0.6) is 0 Å². The van der Waals surface area contributed by atoms with Gasteiger partial charge in [0.05, 0.1) is 10.6 Å². The van der Waals surface area contributed by atoms with E-state index in [1.165, 1.54) is 0 Å². The van der Waals surface area contributed by atoms with Crippen molar-refractivity contribution < 1.29 is 19.1 Å². The highest BCUT2D eigenvalue weighted by Crippen LogP contribution is 2.39. The average molecular weight is 348 g/mol. The normalized spacial score (nSPS) is 19.6. The van der Waals surface area contributed by atoms with Crippen LogP contribution in [0.3, 0.4) is 0 Å². The lowest BCUT2D eigenvalue weighted by atomic mass is 9.97. The van der Waals surface area contributed by atoms with E-state index in [2.05, 4.69) is 0 Å². The number of hydrogen-bond donors (Lipinski definition) is 1. The Morgan fingerprint density at radius 2 is 1.92 bits per heavy atom. The molecule has 0 radical (unpaired) electrons. The number of aliphatic carboxylic acids is 1. The molecule has 122 valence electrons. The van der Waals surface area contributed by atoms with Gasteiger partial charge in [0, 0.05) is 11.6 Å². The van der Waals surface area contributed by atoms with Crippen LogP contribution in [0.15, 0.2) is 54.2 Å². The van der Waals surface area contributed by atoms with Crippen LogP contribution in [0.1, 0.15) is 15.9 Å². The number of Topliss-reactive ketones (excluding diaryl/α,β-unsaturated/α-hetero) is 1. The summed E-state index contributed by atoms with van der Waals surface area (Å²) in [6.07, 6.45) is 0.828. The third kappa shape index (κ3) is 2.71. The Kier molecular flexibility index (Phi) is 3.96. The van der Waals surface area contributed by atoms with Gasteiger partial charge in [-0.25, -0.2) is 9.18 Å². The molecule has 1 atom stereocenters. The lowest BCUT2D eigenvalue weighted by Crippen LogP contribution is -2.42. The van der Waals surface area contributed by atoms with E-state index in [0.717, 1.165) is 18.3 Å². The first-order chi connectivity index (χ1) is 11.3. The summed E-state index contributed by atoms with van der Waals surface area (Å²) in [6.45, 7) is -0.153. The molecule has 0 aliphatic carbocycles. The summed E-state index contributed by atoms with van der Waals surface area (Å²) in [7, 11) is 0. The summed E-state index contributed by atoms with van der Waals surface area (Å²) in [5.74, 6) is -3.33. The quantitative estimate of drug-likeness (QED) is 0.522. The number of carbonyl (C=O) groups excluding carboxylic acids is 1. The van der Waals surface area contributed by atoms with Crippen molar-refractivity contribution in [3.05, 3.63) is 81.4 Å². The zero-order chi connectivity index (χ0) is 17.5. The number of hydroxylamine groups is 2. The molecular formula is C17H11ClFNO4. The van der Waals surface area contributed by atoms with Gasteiger partial charge in [0.1, 0.15) is 18.6 Å². The summed E-state index contributed by atoms with van der Waals surface area (Å²) in [5, 5.41) is 22.2. The molecule has 1 unspecified atom stereocenters. The van der Waals surface area contributed by atoms with Crippen LogP contribution in [-0.4, -0.2) is 16.9 Å². The van der Waals surface area contributed by atoms with Crippen molar-refractivity contribution in [1.82, 2.24) is 4.65 Å². The Hall–Kier alpha value is -2.54. The smallest absolute Gasteiger partial charge is 0.345 e. The number of halogens is 2. The highest BCUT2D eigenvalue weighted by Gasteiger charge is 2.38. The van der Waals surface area contributed by atoms with Crippen molar-refractivity contribution in [1.29, 1.82) is 0 Å². The number of carbonyl (C=O) groups is 2. The lowest BCUT2D eigenvalue weighted by Gasteiger charge is -2.41. The van der Waals surface area contributed by atoms with E-state index in [-0.39, 0.29) is 22.8 Å². The summed E-state index contributed by atoms with van der Waals surface area (Å²) in [6, 6.07) is 10.5. The van der Waals surface area contributed by atoms with Gasteiger partial charge < -0.3 is 10.3 Å². The van der Waals surface area contributed by atoms with Gasteiger partial charge in [0.25, 0.3) is 0 Å². The molecule has 1 aliphatic heterocycles. The van der Waals surface area contributed by atoms with Crippen LogP contribution in [0.2, 0.25) is 5.02 Å². The minimum absolute atomic E-state index is 0.0831. The zero-order valence-corrected chi connectivity index (χ0v) is 13.0. The van der Waals surface area contributed by atoms with Crippen molar-refractivity contribution in [2.45, 2.75) is 6.54 Å². The molecule has 0 aromatic heterocycles. The van der Waals surface area contributed by atoms with Crippen molar-refractivity contribution in [2.24, 2.45) is 0 Å². The van der Waals surface area contributed by atoms with E-state index in [0.29, 0.717) is 5.56 Å². The van der Waals surface area contributed by atoms with Crippen LogP contribution >= 0.6 is 11.6 Å². The molecule has 0 spiro atoms. The largest absolute Gasteiger partial charge is 0.622 e. The molecule has 1 heterocycles. The number of nitrogens with zero attached hydrogens (tertiary/aromatic N) is 1. The zero-order valence-electron chi connectivity index (χ0n) is 12.2. The fourth-order valence-corrected chi connectivity index (χ4v) is 2.81. The van der Waals surface area contributed by atoms with Crippen LogP contribution in [0.25, 0.3) is 0 Å². The molecule has 1 aliphatic rings. The summed E-state index contributed by atoms with van der Waals surface area (Å²) >= 11 is 5.75. The van der Waals surface area contributed by atoms with E-state index >= 15 is 0 Å². The molecule has 24 heavy (non-hydrogen) atoms. The fourth-order valence-electron chi connectivity index (χ4n) is 2.65. The molecule has 0 amide bonds. The van der Waals surface area contributed by atoms with Gasteiger partial charge in [-0.15, -0.1) is 0 Å². The maximum absolute atomic E-state index is 13.7. The van der Waals surface area contributed by atoms with Gasteiger partial charge in [-0.2, -0.15) is 0 Å². The first-order valence-electron chi connectivity index (χ1n) is 6.95. The topological polar surface area (TPSA) is 77.4 Å². The minimum Gasteiger partial charge on any atom is -0.622 e. The predicted molar refractivity (Wildman–Crippen MR) is 86.8 cm³/mol. The SMILES string of the molecule is O=C(O)C1=C[N+]([O-])(Cc2ccccc2)c2cc(Cl)c(F)cc2C1=O. The predicted octanol–water partition coefficient (Wildman–Crippen LogP) is 3.65.